The molecule has 0 saturated carbocycles. The molecule has 0 amide bonds. The van der Waals surface area contributed by atoms with E-state index in [1.54, 1.807) is 22.3 Å². The van der Waals surface area contributed by atoms with Crippen LogP contribution in [0.1, 0.15) is 6.92 Å². The van der Waals surface area contributed by atoms with E-state index in [4.69, 9.17) is 0 Å². The third-order valence-electron chi connectivity index (χ3n) is 2.57. The molecule has 0 saturated heterocycles. The van der Waals surface area contributed by atoms with E-state index >= 15 is 0 Å². The Kier molecular flexibility index (Phi) is 3.43. The van der Waals surface area contributed by atoms with Gasteiger partial charge in [-0.3, -0.25) is 4.68 Å². The van der Waals surface area contributed by atoms with Crippen LogP contribution in [0, 0.1) is 0 Å². The number of hydrogen-bond acceptors (Lipinski definition) is 6. The smallest absolute Gasteiger partial charge is 0.223 e. The Morgan fingerprint density at radius 2 is 2.42 bits per heavy atom. The summed E-state index contributed by atoms with van der Waals surface area (Å²) in [6.07, 6.45) is 5.05. The Balaban J connectivity index is 1.75. The summed E-state index contributed by atoms with van der Waals surface area (Å²) >= 11 is 5.11. The maximum atomic E-state index is 4.50. The number of rotatable bonds is 4. The molecule has 3 aromatic rings. The topological polar surface area (TPSA) is 68.5 Å². The van der Waals surface area contributed by atoms with Gasteiger partial charge in [-0.2, -0.15) is 5.10 Å². The average molecular weight is 339 g/mol. The van der Waals surface area contributed by atoms with Crippen molar-refractivity contribution >= 4 is 43.4 Å². The van der Waals surface area contributed by atoms with Gasteiger partial charge in [-0.25, -0.2) is 15.0 Å². The third-order valence-corrected chi connectivity index (χ3v) is 4.39. The molecule has 0 spiro atoms. The highest BCUT2D eigenvalue weighted by Gasteiger charge is 2.08. The van der Waals surface area contributed by atoms with Gasteiger partial charge in [0.1, 0.15) is 18.2 Å². The Labute approximate surface area is 122 Å². The highest BCUT2D eigenvalue weighted by molar-refractivity contribution is 9.10. The summed E-state index contributed by atoms with van der Waals surface area (Å²) in [5, 5.41) is 9.35. The van der Waals surface area contributed by atoms with E-state index in [0.29, 0.717) is 12.5 Å². The van der Waals surface area contributed by atoms with Crippen molar-refractivity contribution in [2.24, 2.45) is 0 Å². The van der Waals surface area contributed by atoms with Gasteiger partial charge in [0.15, 0.2) is 0 Å². The molecule has 0 aliphatic rings. The lowest BCUT2D eigenvalue weighted by molar-refractivity contribution is 0.557. The molecule has 0 aliphatic heterocycles. The Morgan fingerprint density at radius 3 is 3.21 bits per heavy atom. The van der Waals surface area contributed by atoms with Gasteiger partial charge < -0.3 is 5.32 Å². The molecule has 0 aromatic carbocycles. The van der Waals surface area contributed by atoms with Crippen LogP contribution >= 0.6 is 27.3 Å². The quantitative estimate of drug-likeness (QED) is 0.791. The molecule has 8 heteroatoms. The maximum Gasteiger partial charge on any atom is 0.223 e. The molecule has 1 unspecified atom stereocenters. The summed E-state index contributed by atoms with van der Waals surface area (Å²) in [5.74, 6) is 0.624. The van der Waals surface area contributed by atoms with Gasteiger partial charge in [-0.05, 0) is 22.9 Å². The number of nitrogens with one attached hydrogen (secondary N) is 1. The largest absolute Gasteiger partial charge is 0.350 e. The lowest BCUT2D eigenvalue weighted by atomic mass is 10.3. The van der Waals surface area contributed by atoms with Crippen LogP contribution in [-0.4, -0.2) is 30.8 Å². The van der Waals surface area contributed by atoms with Crippen LogP contribution in [0.3, 0.4) is 0 Å². The van der Waals surface area contributed by atoms with Crippen LogP contribution in [0.2, 0.25) is 0 Å². The molecule has 0 bridgehead atoms. The van der Waals surface area contributed by atoms with Gasteiger partial charge in [0.05, 0.1) is 21.9 Å². The Hall–Kier alpha value is -1.54. The molecule has 0 fully saturated rings. The molecule has 3 heterocycles. The van der Waals surface area contributed by atoms with E-state index < -0.39 is 0 Å². The number of aromatic nitrogens is 5. The molecular formula is C11H11BrN6S. The molecule has 6 nitrogen and oxygen atoms in total. The van der Waals surface area contributed by atoms with Crippen LogP contribution in [-0.2, 0) is 6.54 Å². The fraction of sp³-hybridized carbons (Fsp3) is 0.273. The third kappa shape index (κ3) is 2.74. The number of halogens is 1. The van der Waals surface area contributed by atoms with Crippen molar-refractivity contribution in [1.82, 2.24) is 24.7 Å². The molecule has 98 valence electrons. The molecule has 19 heavy (non-hydrogen) atoms. The first-order chi connectivity index (χ1) is 9.22. The summed E-state index contributed by atoms with van der Waals surface area (Å²) in [7, 11) is 0. The van der Waals surface area contributed by atoms with Crippen molar-refractivity contribution in [3.63, 3.8) is 0 Å². The van der Waals surface area contributed by atoms with Crippen molar-refractivity contribution in [1.29, 1.82) is 0 Å². The number of hydrogen-bond donors (Lipinski definition) is 1. The molecule has 1 N–H and O–H groups in total. The van der Waals surface area contributed by atoms with Crippen LogP contribution in [0.5, 0.6) is 0 Å². The Morgan fingerprint density at radius 1 is 1.53 bits per heavy atom. The van der Waals surface area contributed by atoms with Gasteiger partial charge in [0.2, 0.25) is 5.95 Å². The normalized spacial score (nSPS) is 12.7. The minimum absolute atomic E-state index is 0.163. The van der Waals surface area contributed by atoms with E-state index in [-0.39, 0.29) is 6.04 Å². The van der Waals surface area contributed by atoms with E-state index in [9.17, 15) is 0 Å². The van der Waals surface area contributed by atoms with Gasteiger partial charge in [0.25, 0.3) is 0 Å². The predicted octanol–water partition coefficient (Wildman–Crippen LogP) is 2.55. The average Bonchev–Trinajstić information content (AvgIpc) is 3.00. The molecular weight excluding hydrogens is 328 g/mol. The first kappa shape index (κ1) is 12.5. The fourth-order valence-corrected chi connectivity index (χ4v) is 3.18. The van der Waals surface area contributed by atoms with E-state index in [0.717, 1.165) is 14.7 Å². The second-order valence-electron chi connectivity index (χ2n) is 4.15. The van der Waals surface area contributed by atoms with Crippen LogP contribution in [0.4, 0.5) is 5.95 Å². The standard InChI is InChI=1S/C11H11BrN6S/c1-7(3-18-6-13-5-15-18)16-11-14-2-9-10(17-11)8(12)4-19-9/h2,4-7H,3H2,1H3,(H,14,16,17). The Bertz CT molecular complexity index is 680. The molecule has 1 atom stereocenters. The second kappa shape index (κ2) is 5.22. The monoisotopic (exact) mass is 338 g/mol. The number of thiophene rings is 1. The number of nitrogens with zero attached hydrogens (tertiary/aromatic N) is 5. The summed E-state index contributed by atoms with van der Waals surface area (Å²) < 4.78 is 3.85. The zero-order chi connectivity index (χ0) is 13.2. The zero-order valence-electron chi connectivity index (χ0n) is 10.1. The minimum Gasteiger partial charge on any atom is -0.350 e. The zero-order valence-corrected chi connectivity index (χ0v) is 12.5. The minimum atomic E-state index is 0.163. The van der Waals surface area contributed by atoms with Crippen LogP contribution in [0.15, 0.2) is 28.7 Å². The summed E-state index contributed by atoms with van der Waals surface area (Å²) in [6.45, 7) is 2.77. The lowest BCUT2D eigenvalue weighted by Gasteiger charge is -2.13. The first-order valence-electron chi connectivity index (χ1n) is 5.71. The van der Waals surface area contributed by atoms with E-state index in [1.165, 1.54) is 6.33 Å². The van der Waals surface area contributed by atoms with Gasteiger partial charge >= 0.3 is 0 Å². The fourth-order valence-electron chi connectivity index (χ4n) is 1.74. The van der Waals surface area contributed by atoms with Crippen molar-refractivity contribution in [2.75, 3.05) is 5.32 Å². The number of anilines is 1. The van der Waals surface area contributed by atoms with Gasteiger partial charge in [0, 0.05) is 11.4 Å². The molecule has 0 aliphatic carbocycles. The SMILES string of the molecule is CC(Cn1cncn1)Nc1ncc2scc(Br)c2n1. The predicted molar refractivity (Wildman–Crippen MR) is 78.2 cm³/mol. The second-order valence-corrected chi connectivity index (χ2v) is 5.92. The van der Waals surface area contributed by atoms with Crippen molar-refractivity contribution < 1.29 is 0 Å². The van der Waals surface area contributed by atoms with E-state index in [2.05, 4.69) is 48.2 Å². The van der Waals surface area contributed by atoms with Crippen LogP contribution in [0.25, 0.3) is 10.2 Å². The molecule has 0 radical (unpaired) electrons. The van der Waals surface area contributed by atoms with Crippen molar-refractivity contribution in [2.45, 2.75) is 19.5 Å². The molecule has 3 aromatic heterocycles. The summed E-state index contributed by atoms with van der Waals surface area (Å²) in [6, 6.07) is 0.163. The first-order valence-corrected chi connectivity index (χ1v) is 7.38. The molecule has 3 rings (SSSR count). The lowest BCUT2D eigenvalue weighted by Crippen LogP contribution is -2.23. The summed E-state index contributed by atoms with van der Waals surface area (Å²) in [4.78, 5) is 12.7. The van der Waals surface area contributed by atoms with Crippen molar-refractivity contribution in [3.05, 3.63) is 28.7 Å². The van der Waals surface area contributed by atoms with E-state index in [1.807, 2.05) is 11.6 Å². The van der Waals surface area contributed by atoms with Crippen LogP contribution < -0.4 is 5.32 Å². The highest BCUT2D eigenvalue weighted by Crippen LogP contribution is 2.28. The number of fused-ring (bicyclic) bond motifs is 1. The highest BCUT2D eigenvalue weighted by atomic mass is 79.9. The van der Waals surface area contributed by atoms with Gasteiger partial charge in [-0.1, -0.05) is 0 Å². The van der Waals surface area contributed by atoms with Crippen molar-refractivity contribution in [3.8, 4) is 0 Å². The summed E-state index contributed by atoms with van der Waals surface area (Å²) in [5.41, 5.74) is 0.940. The maximum absolute atomic E-state index is 4.50. The van der Waals surface area contributed by atoms with Gasteiger partial charge in [-0.15, -0.1) is 11.3 Å².